The number of hydrogen-bond acceptors (Lipinski definition) is 5. The number of rotatable bonds is 8. The lowest BCUT2D eigenvalue weighted by atomic mass is 9.94. The zero-order chi connectivity index (χ0) is 24.1. The van der Waals surface area contributed by atoms with Crippen molar-refractivity contribution in [1.29, 1.82) is 0 Å². The van der Waals surface area contributed by atoms with Crippen molar-refractivity contribution in [2.45, 2.75) is 55.4 Å². The highest BCUT2D eigenvalue weighted by molar-refractivity contribution is 7.99. The average molecular weight is 483 g/mol. The Morgan fingerprint density at radius 3 is 2.26 bits per heavy atom. The Hall–Kier alpha value is -3.00. The van der Waals surface area contributed by atoms with Gasteiger partial charge in [-0.3, -0.25) is 9.59 Å². The molecular weight excluding hydrogens is 452 g/mol. The van der Waals surface area contributed by atoms with Gasteiger partial charge in [-0.1, -0.05) is 61.4 Å². The van der Waals surface area contributed by atoms with Crippen LogP contribution in [0.1, 0.15) is 49.1 Å². The summed E-state index contributed by atoms with van der Waals surface area (Å²) in [6.45, 7) is 0.0957. The number of thioether (sulfide) groups is 1. The van der Waals surface area contributed by atoms with Crippen LogP contribution in [0.3, 0.4) is 0 Å². The zero-order valence-corrected chi connectivity index (χ0v) is 20.0. The standard InChI is InChI=1S/C26H30N2O5S/c1-34-23-13-7-6-12-21(23)27-25(31)22(14-24(29)30)28-26(32)33-15-20-18-10-4-2-8-16(18)17-9-3-5-11-19(17)20/h2-5,8-11,20-23H,6-7,12-15H2,1H3,(H,27,31)(H,28,32)(H,29,30). The minimum Gasteiger partial charge on any atom is -0.481 e. The molecule has 7 nitrogen and oxygen atoms in total. The molecule has 0 saturated heterocycles. The number of fused-ring (bicyclic) bond motifs is 3. The molecule has 0 spiro atoms. The van der Waals surface area contributed by atoms with Gasteiger partial charge in [0.15, 0.2) is 0 Å². The monoisotopic (exact) mass is 482 g/mol. The Bertz CT molecular complexity index is 1010. The van der Waals surface area contributed by atoms with Crippen molar-refractivity contribution in [3.8, 4) is 11.1 Å². The van der Waals surface area contributed by atoms with E-state index in [1.807, 2.05) is 42.7 Å². The van der Waals surface area contributed by atoms with Gasteiger partial charge in [0.25, 0.3) is 0 Å². The molecule has 1 saturated carbocycles. The normalized spacial score (nSPS) is 20.0. The molecule has 3 N–H and O–H groups in total. The Morgan fingerprint density at radius 2 is 1.65 bits per heavy atom. The summed E-state index contributed by atoms with van der Waals surface area (Å²) in [6.07, 6.45) is 4.70. The summed E-state index contributed by atoms with van der Waals surface area (Å²) in [5, 5.41) is 15.0. The number of amides is 2. The van der Waals surface area contributed by atoms with Gasteiger partial charge in [-0.15, -0.1) is 0 Å². The molecule has 0 aliphatic heterocycles. The minimum absolute atomic E-state index is 0.0307. The minimum atomic E-state index is -1.20. The Morgan fingerprint density at radius 1 is 1.03 bits per heavy atom. The van der Waals surface area contributed by atoms with Crippen LogP contribution >= 0.6 is 11.8 Å². The Balaban J connectivity index is 1.40. The number of ether oxygens (including phenoxy) is 1. The lowest BCUT2D eigenvalue weighted by Crippen LogP contribution is -2.53. The van der Waals surface area contributed by atoms with Gasteiger partial charge in [0.2, 0.25) is 5.91 Å². The summed E-state index contributed by atoms with van der Waals surface area (Å²) in [5.74, 6) is -1.76. The highest BCUT2D eigenvalue weighted by atomic mass is 32.2. The second-order valence-corrected chi connectivity index (χ2v) is 9.87. The van der Waals surface area contributed by atoms with E-state index < -0.39 is 30.4 Å². The number of carbonyl (C=O) groups is 3. The number of aliphatic carboxylic acids is 1. The van der Waals surface area contributed by atoms with Crippen LogP contribution in [0.25, 0.3) is 11.1 Å². The van der Waals surface area contributed by atoms with Gasteiger partial charge < -0.3 is 20.5 Å². The fourth-order valence-corrected chi connectivity index (χ4v) is 5.93. The van der Waals surface area contributed by atoms with Crippen molar-refractivity contribution in [3.05, 3.63) is 59.7 Å². The molecule has 180 valence electrons. The predicted octanol–water partition coefficient (Wildman–Crippen LogP) is 4.16. The number of carboxylic acids is 1. The molecule has 0 heterocycles. The summed E-state index contributed by atoms with van der Waals surface area (Å²) >= 11 is 1.70. The van der Waals surface area contributed by atoms with Crippen molar-refractivity contribution < 1.29 is 24.2 Å². The molecule has 3 unspecified atom stereocenters. The lowest BCUT2D eigenvalue weighted by molar-refractivity contribution is -0.140. The van der Waals surface area contributed by atoms with Crippen LogP contribution in [0.5, 0.6) is 0 Å². The van der Waals surface area contributed by atoms with E-state index in [1.54, 1.807) is 11.8 Å². The number of carbonyl (C=O) groups excluding carboxylic acids is 2. The first-order valence-corrected chi connectivity index (χ1v) is 12.9. The predicted molar refractivity (Wildman–Crippen MR) is 132 cm³/mol. The Labute approximate surface area is 203 Å². The van der Waals surface area contributed by atoms with Crippen molar-refractivity contribution in [1.82, 2.24) is 10.6 Å². The fourth-order valence-electron chi connectivity index (χ4n) is 4.99. The molecule has 2 aliphatic carbocycles. The number of carboxylic acid groups (broad SMARTS) is 1. The van der Waals surface area contributed by atoms with E-state index in [1.165, 1.54) is 0 Å². The maximum atomic E-state index is 12.9. The lowest BCUT2D eigenvalue weighted by Gasteiger charge is -2.32. The maximum Gasteiger partial charge on any atom is 0.407 e. The van der Waals surface area contributed by atoms with Gasteiger partial charge >= 0.3 is 12.1 Å². The molecule has 0 radical (unpaired) electrons. The van der Waals surface area contributed by atoms with Crippen LogP contribution in [-0.4, -0.2) is 53.3 Å². The maximum absolute atomic E-state index is 12.9. The molecule has 2 aromatic rings. The van der Waals surface area contributed by atoms with Crippen LogP contribution in [0.4, 0.5) is 4.79 Å². The van der Waals surface area contributed by atoms with E-state index in [9.17, 15) is 19.5 Å². The van der Waals surface area contributed by atoms with Crippen LogP contribution < -0.4 is 10.6 Å². The summed E-state index contributed by atoms with van der Waals surface area (Å²) in [7, 11) is 0. The molecule has 0 aromatic heterocycles. The number of hydrogen-bond donors (Lipinski definition) is 3. The van der Waals surface area contributed by atoms with Crippen molar-refractivity contribution >= 4 is 29.7 Å². The van der Waals surface area contributed by atoms with Gasteiger partial charge in [0, 0.05) is 17.2 Å². The van der Waals surface area contributed by atoms with E-state index >= 15 is 0 Å². The average Bonchev–Trinajstić information content (AvgIpc) is 3.16. The molecule has 0 bridgehead atoms. The SMILES string of the molecule is CSC1CCCCC1NC(=O)C(CC(=O)O)NC(=O)OCC1c2ccccc2-c2ccccc21. The van der Waals surface area contributed by atoms with Crippen LogP contribution in [-0.2, 0) is 14.3 Å². The molecule has 1 fully saturated rings. The third-order valence-electron chi connectivity index (χ3n) is 6.66. The molecule has 34 heavy (non-hydrogen) atoms. The third-order valence-corrected chi connectivity index (χ3v) is 7.83. The first-order valence-electron chi connectivity index (χ1n) is 11.6. The van der Waals surface area contributed by atoms with Crippen LogP contribution in [0, 0.1) is 0 Å². The van der Waals surface area contributed by atoms with Crippen LogP contribution in [0.15, 0.2) is 48.5 Å². The van der Waals surface area contributed by atoms with Gasteiger partial charge in [-0.2, -0.15) is 11.8 Å². The molecule has 4 rings (SSSR count). The van der Waals surface area contributed by atoms with E-state index in [2.05, 4.69) is 22.8 Å². The molecule has 8 heteroatoms. The second kappa shape index (κ2) is 11.0. The van der Waals surface area contributed by atoms with E-state index in [0.717, 1.165) is 47.9 Å². The summed E-state index contributed by atoms with van der Waals surface area (Å²) in [5.41, 5.74) is 4.39. The van der Waals surface area contributed by atoms with Crippen molar-refractivity contribution in [2.75, 3.05) is 12.9 Å². The van der Waals surface area contributed by atoms with Gasteiger partial charge in [0.1, 0.15) is 12.6 Å². The zero-order valence-electron chi connectivity index (χ0n) is 19.2. The van der Waals surface area contributed by atoms with Crippen molar-refractivity contribution in [3.63, 3.8) is 0 Å². The van der Waals surface area contributed by atoms with Crippen molar-refractivity contribution in [2.24, 2.45) is 0 Å². The number of alkyl carbamates (subject to hydrolysis) is 1. The van der Waals surface area contributed by atoms with E-state index in [4.69, 9.17) is 4.74 Å². The molecule has 2 amide bonds. The first-order chi connectivity index (χ1) is 16.5. The first kappa shape index (κ1) is 24.1. The molecule has 2 aromatic carbocycles. The number of benzene rings is 2. The van der Waals surface area contributed by atoms with Gasteiger partial charge in [-0.25, -0.2) is 4.79 Å². The van der Waals surface area contributed by atoms with Crippen LogP contribution in [0.2, 0.25) is 0 Å². The largest absolute Gasteiger partial charge is 0.481 e. The molecule has 2 aliphatic rings. The third kappa shape index (κ3) is 5.38. The topological polar surface area (TPSA) is 105 Å². The highest BCUT2D eigenvalue weighted by Gasteiger charge is 2.32. The summed E-state index contributed by atoms with van der Waals surface area (Å²) in [4.78, 5) is 36.9. The fraction of sp³-hybridized carbons (Fsp3) is 0.423. The second-order valence-electron chi connectivity index (χ2n) is 8.79. The Kier molecular flexibility index (Phi) is 7.77. The highest BCUT2D eigenvalue weighted by Crippen LogP contribution is 2.44. The molecule has 3 atom stereocenters. The smallest absolute Gasteiger partial charge is 0.407 e. The van der Waals surface area contributed by atoms with E-state index in [0.29, 0.717) is 0 Å². The summed E-state index contributed by atoms with van der Waals surface area (Å²) in [6, 6.07) is 14.8. The van der Waals surface area contributed by atoms with E-state index in [-0.39, 0.29) is 23.8 Å². The number of nitrogens with one attached hydrogen (secondary N) is 2. The summed E-state index contributed by atoms with van der Waals surface area (Å²) < 4.78 is 5.51. The van der Waals surface area contributed by atoms with Gasteiger partial charge in [-0.05, 0) is 41.4 Å². The molecular formula is C26H30N2O5S. The van der Waals surface area contributed by atoms with Gasteiger partial charge in [0.05, 0.1) is 6.42 Å². The quantitative estimate of drug-likeness (QED) is 0.522.